The number of carbonyl (C=O) groups is 2. The Kier molecular flexibility index (Phi) is 8.53. The molecule has 1 heterocycles. The van der Waals surface area contributed by atoms with Gasteiger partial charge >= 0.3 is 0 Å². The number of anilines is 1. The Bertz CT molecular complexity index is 575. The first kappa shape index (κ1) is 20.7. The van der Waals surface area contributed by atoms with Gasteiger partial charge in [-0.1, -0.05) is 18.5 Å². The van der Waals surface area contributed by atoms with Crippen molar-refractivity contribution in [1.29, 1.82) is 0 Å². The monoisotopic (exact) mass is 373 g/mol. The molecule has 0 spiro atoms. The molecule has 0 saturated carbocycles. The van der Waals surface area contributed by atoms with E-state index in [-0.39, 0.29) is 24.2 Å². The van der Waals surface area contributed by atoms with Crippen LogP contribution in [0.25, 0.3) is 0 Å². The van der Waals surface area contributed by atoms with Crippen molar-refractivity contribution in [2.24, 2.45) is 11.8 Å². The maximum Gasteiger partial charge on any atom is 0.252 e. The van der Waals surface area contributed by atoms with E-state index < -0.39 is 0 Å². The lowest BCUT2D eigenvalue weighted by Gasteiger charge is -2.28. The molecule has 2 unspecified atom stereocenters. The van der Waals surface area contributed by atoms with Crippen LogP contribution in [0.2, 0.25) is 5.02 Å². The van der Waals surface area contributed by atoms with Crippen LogP contribution in [0.3, 0.4) is 0 Å². The van der Waals surface area contributed by atoms with Crippen LogP contribution < -0.4 is 16.0 Å². The van der Waals surface area contributed by atoms with Crippen LogP contribution >= 0.6 is 24.0 Å². The smallest absolute Gasteiger partial charge is 0.252 e. The maximum atomic E-state index is 12.2. The van der Waals surface area contributed by atoms with Crippen LogP contribution in [-0.2, 0) is 4.79 Å². The van der Waals surface area contributed by atoms with Crippen molar-refractivity contribution in [3.63, 3.8) is 0 Å². The van der Waals surface area contributed by atoms with Crippen LogP contribution in [-0.4, -0.2) is 32.0 Å². The molecule has 0 aromatic heterocycles. The third-order valence-electron chi connectivity index (χ3n) is 4.37. The third kappa shape index (κ3) is 5.65. The van der Waals surface area contributed by atoms with Crippen LogP contribution in [0.1, 0.15) is 36.5 Å². The molecule has 134 valence electrons. The van der Waals surface area contributed by atoms with Gasteiger partial charge in [-0.25, -0.2) is 0 Å². The quantitative estimate of drug-likeness (QED) is 0.742. The SMILES string of the molecule is CNC(=O)c1cc(NC(=O)CC(C)C2CCCNC2)ccc1Cl.Cl. The number of nitrogens with one attached hydrogen (secondary N) is 3. The summed E-state index contributed by atoms with van der Waals surface area (Å²) < 4.78 is 0. The van der Waals surface area contributed by atoms with Gasteiger partial charge in [0, 0.05) is 19.2 Å². The van der Waals surface area contributed by atoms with E-state index in [1.54, 1.807) is 25.2 Å². The molecule has 1 saturated heterocycles. The second-order valence-corrected chi connectivity index (χ2v) is 6.52. The van der Waals surface area contributed by atoms with E-state index in [1.807, 2.05) is 0 Å². The summed E-state index contributed by atoms with van der Waals surface area (Å²) in [6.45, 7) is 4.17. The summed E-state index contributed by atoms with van der Waals surface area (Å²) in [5.74, 6) is 0.565. The first-order chi connectivity index (χ1) is 11.0. The van der Waals surface area contributed by atoms with Crippen LogP contribution in [0, 0.1) is 11.8 Å². The number of halogens is 2. The van der Waals surface area contributed by atoms with Gasteiger partial charge in [0.05, 0.1) is 10.6 Å². The van der Waals surface area contributed by atoms with Crippen molar-refractivity contribution in [2.75, 3.05) is 25.5 Å². The number of hydrogen-bond acceptors (Lipinski definition) is 3. The van der Waals surface area contributed by atoms with Gasteiger partial charge in [0.15, 0.2) is 0 Å². The molecule has 2 amide bonds. The molecule has 7 heteroatoms. The Morgan fingerprint density at radius 1 is 1.42 bits per heavy atom. The lowest BCUT2D eigenvalue weighted by atomic mass is 9.85. The largest absolute Gasteiger partial charge is 0.355 e. The Labute approximate surface area is 154 Å². The minimum Gasteiger partial charge on any atom is -0.355 e. The zero-order valence-corrected chi connectivity index (χ0v) is 15.6. The van der Waals surface area contributed by atoms with Gasteiger partial charge in [-0.05, 0) is 56.0 Å². The van der Waals surface area contributed by atoms with Crippen molar-refractivity contribution in [3.8, 4) is 0 Å². The van der Waals surface area contributed by atoms with Crippen molar-refractivity contribution >= 4 is 41.5 Å². The molecule has 5 nitrogen and oxygen atoms in total. The molecule has 1 fully saturated rings. The van der Waals surface area contributed by atoms with E-state index in [2.05, 4.69) is 22.9 Å². The van der Waals surface area contributed by atoms with Crippen LogP contribution in [0.4, 0.5) is 5.69 Å². The fourth-order valence-corrected chi connectivity index (χ4v) is 3.15. The van der Waals surface area contributed by atoms with E-state index >= 15 is 0 Å². The van der Waals surface area contributed by atoms with Gasteiger partial charge in [0.25, 0.3) is 5.91 Å². The lowest BCUT2D eigenvalue weighted by Crippen LogP contribution is -2.34. The average Bonchev–Trinajstić information content (AvgIpc) is 2.56. The van der Waals surface area contributed by atoms with Gasteiger partial charge in [0.2, 0.25) is 5.91 Å². The highest BCUT2D eigenvalue weighted by atomic mass is 35.5. The standard InChI is InChI=1S/C17H24ClN3O2.ClH/c1-11(12-4-3-7-20-10-12)8-16(22)21-13-5-6-15(18)14(9-13)17(23)19-2;/h5-6,9,11-12,20H,3-4,7-8,10H2,1-2H3,(H,19,23)(H,21,22);1H. The lowest BCUT2D eigenvalue weighted by molar-refractivity contribution is -0.117. The van der Waals surface area contributed by atoms with Crippen molar-refractivity contribution in [2.45, 2.75) is 26.2 Å². The van der Waals surface area contributed by atoms with Crippen molar-refractivity contribution in [1.82, 2.24) is 10.6 Å². The minimum absolute atomic E-state index is 0. The predicted octanol–water partition coefficient (Wildman–Crippen LogP) is 3.09. The molecule has 1 aromatic rings. The van der Waals surface area contributed by atoms with Gasteiger partial charge in [0.1, 0.15) is 0 Å². The van der Waals surface area contributed by atoms with Gasteiger partial charge in [-0.3, -0.25) is 9.59 Å². The van der Waals surface area contributed by atoms with E-state index in [0.717, 1.165) is 13.1 Å². The molecular weight excluding hydrogens is 349 g/mol. The second-order valence-electron chi connectivity index (χ2n) is 6.11. The normalized spacial score (nSPS) is 18.2. The van der Waals surface area contributed by atoms with E-state index in [9.17, 15) is 9.59 Å². The highest BCUT2D eigenvalue weighted by Gasteiger charge is 2.22. The molecule has 2 atom stereocenters. The zero-order chi connectivity index (χ0) is 16.8. The number of piperidine rings is 1. The number of rotatable bonds is 5. The summed E-state index contributed by atoms with van der Waals surface area (Å²) in [7, 11) is 1.55. The molecule has 3 N–H and O–H groups in total. The summed E-state index contributed by atoms with van der Waals surface area (Å²) in [6.07, 6.45) is 2.82. The third-order valence-corrected chi connectivity index (χ3v) is 4.70. The van der Waals surface area contributed by atoms with Gasteiger partial charge < -0.3 is 16.0 Å². The average molecular weight is 374 g/mol. The first-order valence-corrected chi connectivity index (χ1v) is 8.41. The predicted molar refractivity (Wildman–Crippen MR) is 100 cm³/mol. The van der Waals surface area contributed by atoms with E-state index in [0.29, 0.717) is 34.5 Å². The fourth-order valence-electron chi connectivity index (χ4n) is 2.95. The molecule has 24 heavy (non-hydrogen) atoms. The zero-order valence-electron chi connectivity index (χ0n) is 14.0. The summed E-state index contributed by atoms with van der Waals surface area (Å²) in [5, 5.41) is 9.14. The molecule has 0 aliphatic carbocycles. The fraction of sp³-hybridized carbons (Fsp3) is 0.529. The maximum absolute atomic E-state index is 12.2. The first-order valence-electron chi connectivity index (χ1n) is 8.03. The van der Waals surface area contributed by atoms with Crippen LogP contribution in [0.15, 0.2) is 18.2 Å². The van der Waals surface area contributed by atoms with Crippen molar-refractivity contribution in [3.05, 3.63) is 28.8 Å². The molecule has 1 aromatic carbocycles. The van der Waals surface area contributed by atoms with Gasteiger partial charge in [-0.15, -0.1) is 12.4 Å². The number of amides is 2. The number of benzene rings is 1. The van der Waals surface area contributed by atoms with Crippen molar-refractivity contribution < 1.29 is 9.59 Å². The topological polar surface area (TPSA) is 70.2 Å². The Balaban J connectivity index is 0.00000288. The second kappa shape index (κ2) is 9.87. The Hall–Kier alpha value is -1.30. The summed E-state index contributed by atoms with van der Waals surface area (Å²) in [6, 6.07) is 4.93. The number of carbonyl (C=O) groups excluding carboxylic acids is 2. The highest BCUT2D eigenvalue weighted by molar-refractivity contribution is 6.34. The highest BCUT2D eigenvalue weighted by Crippen LogP contribution is 2.24. The van der Waals surface area contributed by atoms with E-state index in [1.165, 1.54) is 12.8 Å². The minimum atomic E-state index is -0.271. The van der Waals surface area contributed by atoms with Gasteiger partial charge in [-0.2, -0.15) is 0 Å². The Morgan fingerprint density at radius 3 is 2.79 bits per heavy atom. The Morgan fingerprint density at radius 2 is 2.17 bits per heavy atom. The summed E-state index contributed by atoms with van der Waals surface area (Å²) in [5.41, 5.74) is 0.948. The molecule has 1 aliphatic rings. The van der Waals surface area contributed by atoms with Crippen LogP contribution in [0.5, 0.6) is 0 Å². The number of hydrogen-bond donors (Lipinski definition) is 3. The molecule has 0 bridgehead atoms. The summed E-state index contributed by atoms with van der Waals surface area (Å²) >= 11 is 6.01. The van der Waals surface area contributed by atoms with E-state index in [4.69, 9.17) is 11.6 Å². The molecule has 0 radical (unpaired) electrons. The summed E-state index contributed by atoms with van der Waals surface area (Å²) in [4.78, 5) is 24.0. The molecule has 1 aliphatic heterocycles. The molecule has 2 rings (SSSR count). The molecular formula is C17H25Cl2N3O2.